The number of phenols is 3. The van der Waals surface area contributed by atoms with E-state index >= 15 is 0 Å². The van der Waals surface area contributed by atoms with Crippen LogP contribution in [0.5, 0.6) is 23.0 Å². The van der Waals surface area contributed by atoms with Crippen molar-refractivity contribution in [2.75, 3.05) is 38.6 Å². The van der Waals surface area contributed by atoms with Crippen molar-refractivity contribution in [3.63, 3.8) is 0 Å². The number of amides is 1. The lowest BCUT2D eigenvalue weighted by atomic mass is 9.78. The molecule has 7 rings (SSSR count). The second-order valence-corrected chi connectivity index (χ2v) is 17.8. The third kappa shape index (κ3) is 9.40. The van der Waals surface area contributed by atoms with E-state index in [1.165, 1.54) is 85.1 Å². The summed E-state index contributed by atoms with van der Waals surface area (Å²) in [5.74, 6) is -8.28. The van der Waals surface area contributed by atoms with Crippen molar-refractivity contribution in [1.29, 1.82) is 0 Å². The van der Waals surface area contributed by atoms with Crippen LogP contribution in [0.4, 0.5) is 5.69 Å². The molecule has 2 aromatic rings. The van der Waals surface area contributed by atoms with Crippen molar-refractivity contribution in [2.24, 2.45) is 28.8 Å². The number of benzene rings is 2. The Hall–Kier alpha value is -5.16. The number of allylic oxidation sites excluding steroid dienone is 2. The van der Waals surface area contributed by atoms with Crippen LogP contribution in [0.15, 0.2) is 41.2 Å². The minimum atomic E-state index is -2.04. The van der Waals surface area contributed by atoms with Crippen molar-refractivity contribution in [3.05, 3.63) is 52.8 Å². The van der Waals surface area contributed by atoms with Crippen LogP contribution in [0, 0.1) is 30.6 Å². The third-order valence-electron chi connectivity index (χ3n) is 13.5. The third-order valence-corrected chi connectivity index (χ3v) is 13.5. The van der Waals surface area contributed by atoms with Crippen molar-refractivity contribution in [1.82, 2.24) is 9.91 Å². The van der Waals surface area contributed by atoms with E-state index < -0.39 is 88.8 Å². The summed E-state index contributed by atoms with van der Waals surface area (Å²) in [5.41, 5.74) is -0.293. The maximum absolute atomic E-state index is 14.5. The van der Waals surface area contributed by atoms with Gasteiger partial charge in [0.15, 0.2) is 5.75 Å². The Labute approximate surface area is 368 Å². The molecule has 2 aromatic carbocycles. The fourth-order valence-corrected chi connectivity index (χ4v) is 9.47. The van der Waals surface area contributed by atoms with Crippen molar-refractivity contribution in [3.8, 4) is 23.0 Å². The van der Waals surface area contributed by atoms with Crippen molar-refractivity contribution < 1.29 is 58.9 Å². The number of hydrogen-bond donors (Lipinski definition) is 6. The lowest BCUT2D eigenvalue weighted by Crippen LogP contribution is -2.47. The van der Waals surface area contributed by atoms with Gasteiger partial charge in [-0.1, -0.05) is 58.8 Å². The van der Waals surface area contributed by atoms with Crippen LogP contribution in [0.3, 0.4) is 0 Å². The van der Waals surface area contributed by atoms with E-state index in [0.29, 0.717) is 19.1 Å². The number of carbonyl (C=O) groups excluding carboxylic acids is 3. The number of ketones is 1. The predicted molar refractivity (Wildman–Crippen MR) is 237 cm³/mol. The summed E-state index contributed by atoms with van der Waals surface area (Å²) in [6, 6.07) is 0.553. The van der Waals surface area contributed by atoms with E-state index in [9.17, 15) is 39.9 Å². The molecular weight excluding hydrogens is 813 g/mol. The number of aliphatic hydroxyl groups is 2. The highest BCUT2D eigenvalue weighted by molar-refractivity contribution is 6.23. The van der Waals surface area contributed by atoms with E-state index in [1.807, 2.05) is 5.01 Å². The number of fused-ring (bicyclic) bond motifs is 14. The summed E-state index contributed by atoms with van der Waals surface area (Å²) in [6.07, 6.45) is 9.75. The summed E-state index contributed by atoms with van der Waals surface area (Å²) in [4.78, 5) is 43.2. The molecule has 1 amide bonds. The van der Waals surface area contributed by atoms with Crippen LogP contribution >= 0.6 is 0 Å². The van der Waals surface area contributed by atoms with Gasteiger partial charge in [-0.3, -0.25) is 24.3 Å². The molecule has 344 valence electrons. The first kappa shape index (κ1) is 47.3. The number of rotatable bonds is 5. The molecule has 16 nitrogen and oxygen atoms in total. The van der Waals surface area contributed by atoms with Gasteiger partial charge in [-0.2, -0.15) is 5.10 Å². The molecule has 6 N–H and O–H groups in total. The molecule has 4 aliphatic heterocycles. The Balaban J connectivity index is 1.47. The largest absolute Gasteiger partial charge is 0.507 e. The number of Topliss-reactive ketones (excluding diaryl/α,β-unsaturated/α-hetero) is 1. The number of anilines is 1. The molecule has 2 fully saturated rings. The maximum atomic E-state index is 14.5. The topological polar surface area (TPSA) is 220 Å². The summed E-state index contributed by atoms with van der Waals surface area (Å²) >= 11 is 0. The Bertz CT molecular complexity index is 2190. The number of carbonyl (C=O) groups is 3. The van der Waals surface area contributed by atoms with Crippen molar-refractivity contribution in [2.45, 2.75) is 117 Å². The summed E-state index contributed by atoms with van der Waals surface area (Å²) in [5, 5.41) is 67.6. The van der Waals surface area contributed by atoms with Crippen LogP contribution in [-0.2, 0) is 23.8 Å². The van der Waals surface area contributed by atoms with Gasteiger partial charge >= 0.3 is 11.8 Å². The zero-order valence-electron chi connectivity index (χ0n) is 37.8. The van der Waals surface area contributed by atoms with Crippen LogP contribution in [0.1, 0.15) is 95.6 Å². The molecule has 4 heterocycles. The molecule has 1 saturated carbocycles. The zero-order chi connectivity index (χ0) is 46.1. The minimum Gasteiger partial charge on any atom is -0.507 e. The zero-order valence-corrected chi connectivity index (χ0v) is 37.8. The van der Waals surface area contributed by atoms with Gasteiger partial charge < -0.3 is 49.8 Å². The quantitative estimate of drug-likeness (QED) is 0.0926. The number of ether oxygens (including phenoxy) is 4. The smallest absolute Gasteiger partial charge is 0.312 e. The Morgan fingerprint density at radius 2 is 1.59 bits per heavy atom. The molecule has 63 heavy (non-hydrogen) atoms. The molecule has 9 atom stereocenters. The number of phenolic OH excluding ortho intramolecular Hbond substituents is 3. The highest BCUT2D eigenvalue weighted by Gasteiger charge is 2.50. The Morgan fingerprint density at radius 1 is 0.921 bits per heavy atom. The molecule has 0 aromatic heterocycles. The lowest BCUT2D eigenvalue weighted by molar-refractivity contribution is -0.160. The average Bonchev–Trinajstić information content (AvgIpc) is 3.89. The van der Waals surface area contributed by atoms with Gasteiger partial charge in [0.05, 0.1) is 53.0 Å². The number of nitrogens with zero attached hydrogens (tertiary/aromatic N) is 3. The molecular formula is C47H64N4O12. The SMILES string of the molecule is CO[C@H]1C=CO[C@@]2(C)Oc3c(C)c(O)c4c(O)c(c(/C=N/N5CCN(C6CCCC6)CC5)c(O)c4c3C2=O)NC(=O)/C(C)=C\C=C/[C@H](C)[C@H](O)[C@@H](C)[C@@H](O)[C@@H](C)[C@H](OC(C)=O)[C@@H]1C. The van der Waals surface area contributed by atoms with Gasteiger partial charge in [0.2, 0.25) is 0 Å². The van der Waals surface area contributed by atoms with E-state index in [4.69, 9.17) is 18.9 Å². The second-order valence-electron chi connectivity index (χ2n) is 17.8. The van der Waals surface area contributed by atoms with Crippen LogP contribution in [0.2, 0.25) is 0 Å². The number of methoxy groups -OCH3 is 1. The van der Waals surface area contributed by atoms with Crippen molar-refractivity contribution >= 4 is 40.3 Å². The lowest BCUT2D eigenvalue weighted by Gasteiger charge is -2.38. The first-order chi connectivity index (χ1) is 29.8. The highest BCUT2D eigenvalue weighted by Crippen LogP contribution is 2.55. The van der Waals surface area contributed by atoms with Crippen LogP contribution in [-0.4, -0.2) is 129 Å². The molecule has 0 radical (unpaired) electrons. The number of nitrogens with one attached hydrogen (secondary N) is 1. The second kappa shape index (κ2) is 19.3. The summed E-state index contributed by atoms with van der Waals surface area (Å²) in [7, 11) is 1.44. The monoisotopic (exact) mass is 876 g/mol. The Morgan fingerprint density at radius 3 is 2.22 bits per heavy atom. The van der Waals surface area contributed by atoms with Gasteiger partial charge in [-0.05, 0) is 32.8 Å². The molecule has 0 unspecified atom stereocenters. The number of aromatic hydroxyl groups is 3. The normalized spacial score (nSPS) is 31.9. The van der Waals surface area contributed by atoms with E-state index in [1.54, 1.807) is 39.8 Å². The molecule has 1 saturated heterocycles. The van der Waals surface area contributed by atoms with Gasteiger partial charge in [-0.25, -0.2) is 0 Å². The van der Waals surface area contributed by atoms with Gasteiger partial charge in [0.25, 0.3) is 11.7 Å². The number of piperazine rings is 1. The van der Waals surface area contributed by atoms with Crippen LogP contribution < -0.4 is 10.1 Å². The summed E-state index contributed by atoms with van der Waals surface area (Å²) < 4.78 is 23.7. The fraction of sp³-hybridized carbons (Fsp3) is 0.574. The Kier molecular flexibility index (Phi) is 14.5. The van der Waals surface area contributed by atoms with Gasteiger partial charge in [0, 0.05) is 93.4 Å². The van der Waals surface area contributed by atoms with Gasteiger partial charge in [-0.15, -0.1) is 0 Å². The number of aliphatic hydroxyl groups excluding tert-OH is 2. The molecule has 0 spiro atoms. The number of esters is 1. The van der Waals surface area contributed by atoms with E-state index in [0.717, 1.165) is 13.1 Å². The first-order valence-corrected chi connectivity index (χ1v) is 21.9. The molecule has 5 bridgehead atoms. The van der Waals surface area contributed by atoms with E-state index in [2.05, 4.69) is 15.3 Å². The minimum absolute atomic E-state index is 0.0631. The highest BCUT2D eigenvalue weighted by atomic mass is 16.7. The molecule has 1 aliphatic carbocycles. The summed E-state index contributed by atoms with van der Waals surface area (Å²) in [6.45, 7) is 15.4. The standard InChI is InChI=1S/C47H64N4O12/c1-24-13-12-14-25(2)46(59)49-37-32(23-48-51-20-18-50(19-21-51)31-15-10-11-16-31)41(56)34-35(42(37)57)40(55)29(6)44-36(34)45(58)47(8,63-44)61-22-17-33(60-9)26(3)43(62-30(7)52)28(5)39(54)27(4)38(24)53/h12-14,17,22-24,26-28,31,33,38-39,43,53-57H,10-11,15-16,18-21H2,1-9H3,(H,49,59)/b13-12-,22-17?,25-14-,48-23+/t24-,26+,27+,28+,33-,38-,39+,43+,47-/m0/s1. The fourth-order valence-electron chi connectivity index (χ4n) is 9.47. The predicted octanol–water partition coefficient (Wildman–Crippen LogP) is 5.65. The average molecular weight is 877 g/mol. The maximum Gasteiger partial charge on any atom is 0.312 e. The van der Waals surface area contributed by atoms with Crippen LogP contribution in [0.25, 0.3) is 10.8 Å². The first-order valence-electron chi connectivity index (χ1n) is 21.9. The van der Waals surface area contributed by atoms with Gasteiger partial charge in [0.1, 0.15) is 23.4 Å². The number of hydrogen-bond acceptors (Lipinski definition) is 15. The number of hydrazone groups is 1. The molecule has 16 heteroatoms. The van der Waals surface area contributed by atoms with E-state index in [-0.39, 0.29) is 44.5 Å². The molecule has 5 aliphatic rings.